The maximum absolute atomic E-state index is 3.58. The molecule has 0 aromatic heterocycles. The summed E-state index contributed by atoms with van der Waals surface area (Å²) in [6, 6.07) is 53.5. The van der Waals surface area contributed by atoms with Crippen molar-refractivity contribution in [3.05, 3.63) is 190 Å². The molecular formula is C56H50. The fourth-order valence-electron chi connectivity index (χ4n) is 7.91. The first kappa shape index (κ1) is 36.8. The molecule has 0 aliphatic carbocycles. The van der Waals surface area contributed by atoms with Gasteiger partial charge in [0, 0.05) is 11.1 Å². The highest BCUT2D eigenvalue weighted by molar-refractivity contribution is 6.06. The van der Waals surface area contributed by atoms with Crippen molar-refractivity contribution in [2.45, 2.75) is 65.2 Å². The average Bonchev–Trinajstić information content (AvgIpc) is 3.24. The van der Waals surface area contributed by atoms with Crippen LogP contribution < -0.4 is 0 Å². The highest BCUT2D eigenvalue weighted by atomic mass is 14.1. The molecule has 8 aromatic carbocycles. The van der Waals surface area contributed by atoms with E-state index in [-0.39, 0.29) is 0 Å². The second kappa shape index (κ2) is 17.5. The van der Waals surface area contributed by atoms with Crippen molar-refractivity contribution in [2.24, 2.45) is 0 Å². The molecule has 0 nitrogen and oxygen atoms in total. The molecule has 0 amide bonds. The molecule has 0 bridgehead atoms. The zero-order chi connectivity index (χ0) is 38.1. The van der Waals surface area contributed by atoms with Crippen molar-refractivity contribution in [3.8, 4) is 11.8 Å². The summed E-state index contributed by atoms with van der Waals surface area (Å²) in [6.45, 7) is 4.52. The van der Waals surface area contributed by atoms with Gasteiger partial charge in [-0.1, -0.05) is 185 Å². The first-order valence-electron chi connectivity index (χ1n) is 20.6. The Morgan fingerprint density at radius 1 is 0.375 bits per heavy atom. The molecule has 0 heterocycles. The molecule has 56 heavy (non-hydrogen) atoms. The second-order valence-corrected chi connectivity index (χ2v) is 15.2. The van der Waals surface area contributed by atoms with E-state index in [1.807, 2.05) is 0 Å². The van der Waals surface area contributed by atoms with Gasteiger partial charge in [-0.25, -0.2) is 0 Å². The largest absolute Gasteiger partial charge is 0.0654 e. The average molecular weight is 723 g/mol. The molecule has 8 aromatic rings. The molecule has 0 aliphatic rings. The lowest BCUT2D eigenvalue weighted by Gasteiger charge is -2.08. The van der Waals surface area contributed by atoms with Gasteiger partial charge in [-0.2, -0.15) is 0 Å². The molecule has 8 rings (SSSR count). The Morgan fingerprint density at radius 2 is 0.750 bits per heavy atom. The van der Waals surface area contributed by atoms with Gasteiger partial charge < -0.3 is 0 Å². The van der Waals surface area contributed by atoms with Gasteiger partial charge in [0.25, 0.3) is 0 Å². The van der Waals surface area contributed by atoms with Crippen molar-refractivity contribution in [1.82, 2.24) is 0 Å². The van der Waals surface area contributed by atoms with Crippen LogP contribution in [0.5, 0.6) is 0 Å². The van der Waals surface area contributed by atoms with Crippen molar-refractivity contribution in [1.29, 1.82) is 0 Å². The molecule has 0 heteroatoms. The van der Waals surface area contributed by atoms with E-state index in [1.165, 1.54) is 115 Å². The maximum Gasteiger partial charge on any atom is 0.0327 e. The summed E-state index contributed by atoms with van der Waals surface area (Å²) >= 11 is 0. The number of hydrogen-bond donors (Lipinski definition) is 0. The van der Waals surface area contributed by atoms with Gasteiger partial charge in [-0.3, -0.25) is 0 Å². The smallest absolute Gasteiger partial charge is 0.0327 e. The minimum Gasteiger partial charge on any atom is -0.0654 e. The second-order valence-electron chi connectivity index (χ2n) is 15.2. The van der Waals surface area contributed by atoms with Crippen molar-refractivity contribution >= 4 is 67.4 Å². The molecular weight excluding hydrogens is 673 g/mol. The summed E-state index contributed by atoms with van der Waals surface area (Å²) in [5, 5.41) is 9.72. The topological polar surface area (TPSA) is 0 Å². The molecule has 0 aliphatic heterocycles. The standard InChI is InChI=1S/C56H50/c1-3-5-7-13-41-23-27-43(28-24-41)31-33-45-15-9-19-49-39-55-47(17-11-21-51(55)37-53(45)49)35-36-48-18-12-22-52-38-54-46(16-10-20-50(54)40-56(48)52)34-32-44-29-25-42(26-30-44)14-8-6-4-2/h9-12,15-34,37-40H,3-8,13-14H2,1-2H3/b33-31+,34-32+. The molecule has 0 unspecified atom stereocenters. The first-order chi connectivity index (χ1) is 27.6. The highest BCUT2D eigenvalue weighted by Crippen LogP contribution is 2.31. The third-order valence-electron chi connectivity index (χ3n) is 11.2. The van der Waals surface area contributed by atoms with E-state index in [0.29, 0.717) is 0 Å². The van der Waals surface area contributed by atoms with E-state index in [2.05, 4.69) is 196 Å². The van der Waals surface area contributed by atoms with Crippen molar-refractivity contribution in [3.63, 3.8) is 0 Å². The molecule has 0 fully saturated rings. The van der Waals surface area contributed by atoms with Gasteiger partial charge in [0.15, 0.2) is 0 Å². The van der Waals surface area contributed by atoms with Gasteiger partial charge in [-0.15, -0.1) is 0 Å². The Balaban J connectivity index is 1.06. The Hall–Kier alpha value is -6.16. The number of fused-ring (bicyclic) bond motifs is 4. The minimum atomic E-state index is 1.04. The van der Waals surface area contributed by atoms with Crippen LogP contribution in [0.25, 0.3) is 67.4 Å². The SMILES string of the molecule is CCCCCc1ccc(/C=C/c2cccc3cc4c(C#Cc5cccc6cc7c(/C=C/c8ccc(CCCCC)cc8)cccc7cc56)cccc4cc23)cc1. The normalized spacial score (nSPS) is 11.7. The van der Waals surface area contributed by atoms with Gasteiger partial charge >= 0.3 is 0 Å². The van der Waals surface area contributed by atoms with Crippen LogP contribution in [0.4, 0.5) is 0 Å². The number of aryl methyl sites for hydroxylation is 2. The summed E-state index contributed by atoms with van der Waals surface area (Å²) in [7, 11) is 0. The van der Waals surface area contributed by atoms with Crippen LogP contribution in [-0.4, -0.2) is 0 Å². The van der Waals surface area contributed by atoms with Crippen LogP contribution in [-0.2, 0) is 12.8 Å². The number of rotatable bonds is 12. The van der Waals surface area contributed by atoms with E-state index < -0.39 is 0 Å². The number of benzene rings is 8. The van der Waals surface area contributed by atoms with Gasteiger partial charge in [0.1, 0.15) is 0 Å². The maximum atomic E-state index is 3.58. The quantitative estimate of drug-likeness (QED) is 0.0510. The summed E-state index contributed by atoms with van der Waals surface area (Å²) in [6.07, 6.45) is 18.9. The molecule has 274 valence electrons. The van der Waals surface area contributed by atoms with E-state index in [9.17, 15) is 0 Å². The zero-order valence-electron chi connectivity index (χ0n) is 32.8. The third-order valence-corrected chi connectivity index (χ3v) is 11.2. The highest BCUT2D eigenvalue weighted by Gasteiger charge is 2.07. The Bertz CT molecular complexity index is 2550. The Morgan fingerprint density at radius 3 is 1.16 bits per heavy atom. The summed E-state index contributed by atoms with van der Waals surface area (Å²) in [5.74, 6) is 7.17. The monoisotopic (exact) mass is 722 g/mol. The lowest BCUT2D eigenvalue weighted by Crippen LogP contribution is -1.86. The molecule has 0 N–H and O–H groups in total. The van der Waals surface area contributed by atoms with E-state index >= 15 is 0 Å². The summed E-state index contributed by atoms with van der Waals surface area (Å²) in [4.78, 5) is 0. The van der Waals surface area contributed by atoms with Crippen molar-refractivity contribution < 1.29 is 0 Å². The van der Waals surface area contributed by atoms with Crippen LogP contribution in [0.1, 0.15) is 96.9 Å². The molecule has 0 saturated heterocycles. The Kier molecular flexibility index (Phi) is 11.5. The minimum absolute atomic E-state index is 1.04. The third kappa shape index (κ3) is 8.54. The number of unbranched alkanes of at least 4 members (excludes halogenated alkanes) is 4. The summed E-state index contributed by atoms with van der Waals surface area (Å²) in [5.41, 5.74) is 9.84. The fraction of sp³-hybridized carbons (Fsp3) is 0.179. The van der Waals surface area contributed by atoms with Gasteiger partial charge in [0.05, 0.1) is 0 Å². The Labute approximate surface area is 333 Å². The fourth-order valence-corrected chi connectivity index (χ4v) is 7.91. The van der Waals surface area contributed by atoms with Gasteiger partial charge in [0.2, 0.25) is 0 Å². The molecule has 0 saturated carbocycles. The predicted octanol–water partition coefficient (Wildman–Crippen LogP) is 15.5. The van der Waals surface area contributed by atoms with E-state index in [4.69, 9.17) is 0 Å². The molecule has 0 radical (unpaired) electrons. The molecule has 0 spiro atoms. The van der Waals surface area contributed by atoms with Crippen molar-refractivity contribution in [2.75, 3.05) is 0 Å². The van der Waals surface area contributed by atoms with Crippen LogP contribution >= 0.6 is 0 Å². The van der Waals surface area contributed by atoms with Gasteiger partial charge in [-0.05, 0) is 139 Å². The molecule has 0 atom stereocenters. The van der Waals surface area contributed by atoms with Crippen LogP contribution in [0.3, 0.4) is 0 Å². The van der Waals surface area contributed by atoms with E-state index in [1.54, 1.807) is 0 Å². The lowest BCUT2D eigenvalue weighted by atomic mass is 9.95. The van der Waals surface area contributed by atoms with E-state index in [0.717, 1.165) is 24.0 Å². The van der Waals surface area contributed by atoms with Crippen LogP contribution in [0.2, 0.25) is 0 Å². The zero-order valence-corrected chi connectivity index (χ0v) is 32.8. The summed E-state index contributed by atoms with van der Waals surface area (Å²) < 4.78 is 0. The predicted molar refractivity (Wildman–Crippen MR) is 246 cm³/mol. The lowest BCUT2D eigenvalue weighted by molar-refractivity contribution is 0.717. The number of hydrogen-bond acceptors (Lipinski definition) is 0. The van der Waals surface area contributed by atoms with Crippen LogP contribution in [0.15, 0.2) is 146 Å². The first-order valence-corrected chi connectivity index (χ1v) is 20.6. The van der Waals surface area contributed by atoms with Crippen LogP contribution in [0, 0.1) is 11.8 Å².